The fraction of sp³-hybridized carbons (Fsp3) is 0.0526. The van der Waals surface area contributed by atoms with E-state index in [4.69, 9.17) is 0 Å². The summed E-state index contributed by atoms with van der Waals surface area (Å²) in [5.41, 5.74) is 8.94. The summed E-state index contributed by atoms with van der Waals surface area (Å²) in [5, 5.41) is 2.76. The Morgan fingerprint density at radius 3 is 1.47 bits per heavy atom. The molecule has 4 aliphatic carbocycles. The third kappa shape index (κ3) is 0.658. The van der Waals surface area contributed by atoms with Crippen molar-refractivity contribution in [1.82, 2.24) is 0 Å². The molecule has 0 saturated heterocycles. The lowest BCUT2D eigenvalue weighted by Crippen LogP contribution is -2.15. The molecule has 7 rings (SSSR count). The van der Waals surface area contributed by atoms with E-state index in [0.29, 0.717) is 0 Å². The molecule has 0 heteroatoms. The normalized spacial score (nSPS) is 23.2. The van der Waals surface area contributed by atoms with Crippen molar-refractivity contribution >= 4 is 21.9 Å². The topological polar surface area (TPSA) is 0 Å². The Bertz CT molecular complexity index is 844. The Morgan fingerprint density at radius 1 is 0.579 bits per heavy atom. The quantitative estimate of drug-likeness (QED) is 0.634. The number of rotatable bonds is 0. The van der Waals surface area contributed by atoms with Crippen molar-refractivity contribution in [3.05, 3.63) is 83.0 Å². The molecule has 0 heterocycles. The van der Waals surface area contributed by atoms with Crippen molar-refractivity contribution < 1.29 is 0 Å². The lowest BCUT2D eigenvalue weighted by Gasteiger charge is -2.26. The molecule has 0 aliphatic heterocycles. The largest absolute Gasteiger partial charge is 0.0714 e. The van der Waals surface area contributed by atoms with Crippen LogP contribution in [0.4, 0.5) is 0 Å². The van der Waals surface area contributed by atoms with Crippen LogP contribution in [-0.2, 0) is 0 Å². The second-order valence-electron chi connectivity index (χ2n) is 5.82. The van der Waals surface area contributed by atoms with Gasteiger partial charge in [0, 0.05) is 0 Å². The van der Waals surface area contributed by atoms with E-state index in [-0.39, 0.29) is 5.41 Å². The molecule has 0 radical (unpaired) electrons. The minimum Gasteiger partial charge on any atom is -0.0571 e. The van der Waals surface area contributed by atoms with Crippen LogP contribution in [-0.4, -0.2) is 0 Å². The van der Waals surface area contributed by atoms with E-state index in [2.05, 4.69) is 60.7 Å². The predicted octanol–water partition coefficient (Wildman–Crippen LogP) is 4.49. The first-order valence-electron chi connectivity index (χ1n) is 6.80. The van der Waals surface area contributed by atoms with Gasteiger partial charge >= 0.3 is 0 Å². The van der Waals surface area contributed by atoms with Crippen molar-refractivity contribution in [2.45, 2.75) is 0 Å². The van der Waals surface area contributed by atoms with Gasteiger partial charge < -0.3 is 0 Å². The van der Waals surface area contributed by atoms with Gasteiger partial charge in [0.2, 0.25) is 0 Å². The van der Waals surface area contributed by atoms with Crippen molar-refractivity contribution in [3.63, 3.8) is 0 Å². The molecule has 0 unspecified atom stereocenters. The first kappa shape index (κ1) is 8.71. The summed E-state index contributed by atoms with van der Waals surface area (Å²) in [6, 6.07) is 9.04. The summed E-state index contributed by atoms with van der Waals surface area (Å²) >= 11 is 0. The maximum atomic E-state index is 2.34. The number of hydrogen-bond acceptors (Lipinski definition) is 0. The molecule has 0 N–H and O–H groups in total. The Kier molecular flexibility index (Phi) is 1.09. The van der Waals surface area contributed by atoms with E-state index < -0.39 is 0 Å². The molecular weight excluding hydrogens is 228 g/mol. The molecule has 0 atom stereocenters. The first-order valence-corrected chi connectivity index (χ1v) is 6.80. The van der Waals surface area contributed by atoms with Crippen LogP contribution >= 0.6 is 0 Å². The zero-order valence-corrected chi connectivity index (χ0v) is 10.3. The number of allylic oxidation sites excluding steroid dienone is 10. The summed E-state index contributed by atoms with van der Waals surface area (Å²) in [5.74, 6) is 0. The minimum atomic E-state index is 0.0687. The van der Waals surface area contributed by atoms with Gasteiger partial charge in [-0.1, -0.05) is 60.7 Å². The van der Waals surface area contributed by atoms with Crippen LogP contribution in [0.25, 0.3) is 21.9 Å². The van der Waals surface area contributed by atoms with E-state index >= 15 is 0 Å². The fourth-order valence-electron chi connectivity index (χ4n) is 4.53. The first-order chi connectivity index (χ1) is 9.40. The molecule has 4 aliphatic rings. The highest BCUT2D eigenvalue weighted by atomic mass is 14.6. The summed E-state index contributed by atoms with van der Waals surface area (Å²) in [6.07, 6.45) is 13.8. The number of benzene rings is 3. The second kappa shape index (κ2) is 2.37. The summed E-state index contributed by atoms with van der Waals surface area (Å²) in [4.78, 5) is 0. The smallest absolute Gasteiger partial charge is 0.0571 e. The van der Waals surface area contributed by atoms with Gasteiger partial charge in [-0.15, -0.1) is 0 Å². The van der Waals surface area contributed by atoms with E-state index in [9.17, 15) is 0 Å². The third-order valence-electron chi connectivity index (χ3n) is 5.23. The molecule has 0 aromatic heterocycles. The van der Waals surface area contributed by atoms with E-state index in [1.54, 1.807) is 0 Å². The molecule has 0 saturated carbocycles. The highest BCUT2D eigenvalue weighted by Crippen LogP contribution is 2.70. The monoisotopic (exact) mass is 238 g/mol. The zero-order valence-electron chi connectivity index (χ0n) is 10.3. The summed E-state index contributed by atoms with van der Waals surface area (Å²) in [7, 11) is 0. The average molecular weight is 238 g/mol. The molecule has 19 heavy (non-hydrogen) atoms. The summed E-state index contributed by atoms with van der Waals surface area (Å²) in [6.45, 7) is 0. The highest BCUT2D eigenvalue weighted by Gasteiger charge is 2.55. The SMILES string of the molecule is C1=CC2=CC=C1C21C2=CC=C1c1c2c2ccc1cc2. The van der Waals surface area contributed by atoms with Crippen LogP contribution in [0, 0.1) is 5.41 Å². The number of fused-ring (bicyclic) bond motifs is 2. The van der Waals surface area contributed by atoms with Crippen LogP contribution < -0.4 is 0 Å². The van der Waals surface area contributed by atoms with Crippen molar-refractivity contribution in [1.29, 1.82) is 0 Å². The van der Waals surface area contributed by atoms with Gasteiger partial charge in [-0.3, -0.25) is 0 Å². The van der Waals surface area contributed by atoms with E-state index in [1.807, 2.05) is 0 Å². The Hall–Kier alpha value is -2.34. The lowest BCUT2D eigenvalue weighted by molar-refractivity contribution is 0.864. The maximum absolute atomic E-state index is 2.34. The Labute approximate surface area is 111 Å². The molecule has 3 aromatic rings. The van der Waals surface area contributed by atoms with Gasteiger partial charge in [0.25, 0.3) is 0 Å². The van der Waals surface area contributed by atoms with E-state index in [0.717, 1.165) is 0 Å². The van der Waals surface area contributed by atoms with Gasteiger partial charge in [-0.05, 0) is 44.2 Å². The Balaban J connectivity index is 1.83. The molecule has 0 amide bonds. The van der Waals surface area contributed by atoms with Crippen LogP contribution in [0.2, 0.25) is 0 Å². The summed E-state index contributed by atoms with van der Waals surface area (Å²) < 4.78 is 0. The van der Waals surface area contributed by atoms with Gasteiger partial charge in [-0.2, -0.15) is 0 Å². The van der Waals surface area contributed by atoms with Crippen molar-refractivity contribution in [3.8, 4) is 0 Å². The molecule has 6 bridgehead atoms. The highest BCUT2D eigenvalue weighted by molar-refractivity contribution is 6.17. The predicted molar refractivity (Wildman–Crippen MR) is 78.8 cm³/mol. The molecule has 1 spiro atoms. The van der Waals surface area contributed by atoms with E-state index in [1.165, 1.54) is 44.2 Å². The third-order valence-corrected chi connectivity index (χ3v) is 5.23. The van der Waals surface area contributed by atoms with Gasteiger partial charge in [0.1, 0.15) is 0 Å². The van der Waals surface area contributed by atoms with Crippen LogP contribution in [0.3, 0.4) is 0 Å². The van der Waals surface area contributed by atoms with Crippen LogP contribution in [0.15, 0.2) is 71.9 Å². The molecule has 0 fully saturated rings. The van der Waals surface area contributed by atoms with Crippen molar-refractivity contribution in [2.24, 2.45) is 5.41 Å². The van der Waals surface area contributed by atoms with Crippen LogP contribution in [0.5, 0.6) is 0 Å². The van der Waals surface area contributed by atoms with Crippen LogP contribution in [0.1, 0.15) is 11.1 Å². The Morgan fingerprint density at radius 2 is 1.05 bits per heavy atom. The molecule has 0 nitrogen and oxygen atoms in total. The van der Waals surface area contributed by atoms with Gasteiger partial charge in [-0.25, -0.2) is 0 Å². The standard InChI is InChI=1S/C19H10/c1-2-12-4-3-11(1)17-15-9-10-16(18(12)17)19(15)13-5-6-14(19)8-7-13/h1-10H. The van der Waals surface area contributed by atoms with Gasteiger partial charge in [0.05, 0.1) is 5.41 Å². The van der Waals surface area contributed by atoms with Gasteiger partial charge in [0.15, 0.2) is 0 Å². The fourth-order valence-corrected chi connectivity index (χ4v) is 4.53. The molecule has 3 aromatic carbocycles. The molecular formula is C19H10. The zero-order chi connectivity index (χ0) is 12.2. The van der Waals surface area contributed by atoms with Crippen molar-refractivity contribution in [2.75, 3.05) is 0 Å². The maximum Gasteiger partial charge on any atom is 0.0714 e. The number of hydrogen-bond donors (Lipinski definition) is 0. The second-order valence-corrected chi connectivity index (χ2v) is 5.82. The molecule has 86 valence electrons. The lowest BCUT2D eigenvalue weighted by atomic mass is 9.74. The minimum absolute atomic E-state index is 0.0687. The average Bonchev–Trinajstić information content (AvgIpc) is 3.23.